The third kappa shape index (κ3) is 6.90. The lowest BCUT2D eigenvalue weighted by Gasteiger charge is -2.16. The lowest BCUT2D eigenvalue weighted by atomic mass is 10.1. The van der Waals surface area contributed by atoms with Crippen molar-refractivity contribution < 1.29 is 23.9 Å². The van der Waals surface area contributed by atoms with Crippen molar-refractivity contribution in [2.45, 2.75) is 38.6 Å². The molecule has 126 valence electrons. The monoisotopic (exact) mass is 324 g/mol. The van der Waals surface area contributed by atoms with Crippen LogP contribution in [0.4, 0.5) is 4.39 Å². The van der Waals surface area contributed by atoms with Gasteiger partial charge >= 0.3 is 5.97 Å². The van der Waals surface area contributed by atoms with E-state index < -0.39 is 23.7 Å². The Morgan fingerprint density at radius 3 is 2.57 bits per heavy atom. The van der Waals surface area contributed by atoms with Crippen molar-refractivity contribution in [3.63, 3.8) is 0 Å². The van der Waals surface area contributed by atoms with E-state index in [4.69, 9.17) is 5.11 Å². The zero-order valence-corrected chi connectivity index (χ0v) is 13.0. The number of aliphatic carboxylic acids is 1. The van der Waals surface area contributed by atoms with Crippen molar-refractivity contribution in [1.82, 2.24) is 10.6 Å². The summed E-state index contributed by atoms with van der Waals surface area (Å²) in [5.41, 5.74) is -0.0809. The zero-order chi connectivity index (χ0) is 17.2. The number of nitrogens with one attached hydrogen (secondary N) is 2. The SMILES string of the molecule is CCCC(CC(=O)O)NC(=O)CCNC(=O)c1ccccc1F. The number of carboxylic acids is 1. The molecule has 0 aromatic heterocycles. The van der Waals surface area contributed by atoms with Crippen LogP contribution >= 0.6 is 0 Å². The van der Waals surface area contributed by atoms with Crippen molar-refractivity contribution in [1.29, 1.82) is 0 Å². The van der Waals surface area contributed by atoms with Crippen LogP contribution in [-0.2, 0) is 9.59 Å². The molecule has 1 aromatic rings. The first-order chi connectivity index (χ1) is 10.9. The number of carbonyl (C=O) groups excluding carboxylic acids is 2. The van der Waals surface area contributed by atoms with Crippen molar-refractivity contribution in [3.8, 4) is 0 Å². The number of hydrogen-bond acceptors (Lipinski definition) is 3. The van der Waals surface area contributed by atoms with Gasteiger partial charge in [0.25, 0.3) is 5.91 Å². The molecule has 0 spiro atoms. The highest BCUT2D eigenvalue weighted by Gasteiger charge is 2.15. The van der Waals surface area contributed by atoms with Gasteiger partial charge in [0.2, 0.25) is 5.91 Å². The highest BCUT2D eigenvalue weighted by atomic mass is 19.1. The maximum Gasteiger partial charge on any atom is 0.305 e. The maximum atomic E-state index is 13.4. The molecule has 0 bridgehead atoms. The smallest absolute Gasteiger partial charge is 0.305 e. The summed E-state index contributed by atoms with van der Waals surface area (Å²) in [6.07, 6.45) is 1.18. The molecule has 1 rings (SSSR count). The summed E-state index contributed by atoms with van der Waals surface area (Å²) < 4.78 is 13.4. The minimum Gasteiger partial charge on any atom is -0.481 e. The van der Waals surface area contributed by atoms with E-state index in [0.29, 0.717) is 6.42 Å². The van der Waals surface area contributed by atoms with Gasteiger partial charge in [0, 0.05) is 19.0 Å². The van der Waals surface area contributed by atoms with Crippen LogP contribution in [0.25, 0.3) is 0 Å². The number of carboxylic acid groups (broad SMARTS) is 1. The lowest BCUT2D eigenvalue weighted by Crippen LogP contribution is -2.38. The molecule has 1 atom stereocenters. The van der Waals surface area contributed by atoms with E-state index in [1.165, 1.54) is 18.2 Å². The van der Waals surface area contributed by atoms with E-state index in [2.05, 4.69) is 10.6 Å². The number of carbonyl (C=O) groups is 3. The van der Waals surface area contributed by atoms with Gasteiger partial charge in [0.1, 0.15) is 5.82 Å². The Bertz CT molecular complexity index is 563. The van der Waals surface area contributed by atoms with Crippen LogP contribution in [-0.4, -0.2) is 35.5 Å². The highest BCUT2D eigenvalue weighted by Crippen LogP contribution is 2.06. The van der Waals surface area contributed by atoms with E-state index in [9.17, 15) is 18.8 Å². The average Bonchev–Trinajstić information content (AvgIpc) is 2.47. The Kier molecular flexibility index (Phi) is 7.73. The largest absolute Gasteiger partial charge is 0.481 e. The quantitative estimate of drug-likeness (QED) is 0.644. The van der Waals surface area contributed by atoms with Gasteiger partial charge in [-0.1, -0.05) is 25.5 Å². The number of benzene rings is 1. The fraction of sp³-hybridized carbons (Fsp3) is 0.438. The molecule has 1 aromatic carbocycles. The lowest BCUT2D eigenvalue weighted by molar-refractivity contribution is -0.137. The molecule has 23 heavy (non-hydrogen) atoms. The minimum absolute atomic E-state index is 0.0000257. The van der Waals surface area contributed by atoms with Gasteiger partial charge in [-0.2, -0.15) is 0 Å². The molecule has 0 saturated carbocycles. The van der Waals surface area contributed by atoms with Crippen LogP contribution in [0.3, 0.4) is 0 Å². The van der Waals surface area contributed by atoms with E-state index in [1.807, 2.05) is 6.92 Å². The summed E-state index contributed by atoms with van der Waals surface area (Å²) >= 11 is 0. The van der Waals surface area contributed by atoms with E-state index in [1.54, 1.807) is 6.07 Å². The molecule has 0 aliphatic heterocycles. The van der Waals surface area contributed by atoms with Crippen LogP contribution in [0.1, 0.15) is 43.0 Å². The Hall–Kier alpha value is -2.44. The summed E-state index contributed by atoms with van der Waals surface area (Å²) in [6, 6.07) is 5.15. The third-order valence-corrected chi connectivity index (χ3v) is 3.18. The molecular formula is C16H21FN2O4. The Labute approximate surface area is 134 Å². The van der Waals surface area contributed by atoms with E-state index in [0.717, 1.165) is 6.42 Å². The Morgan fingerprint density at radius 1 is 1.26 bits per heavy atom. The van der Waals surface area contributed by atoms with Gasteiger partial charge in [-0.3, -0.25) is 14.4 Å². The molecule has 6 nitrogen and oxygen atoms in total. The molecule has 1 unspecified atom stereocenters. The molecule has 3 N–H and O–H groups in total. The first-order valence-electron chi connectivity index (χ1n) is 7.48. The predicted molar refractivity (Wildman–Crippen MR) is 82.4 cm³/mol. The molecule has 0 fully saturated rings. The van der Waals surface area contributed by atoms with Crippen LogP contribution in [0.2, 0.25) is 0 Å². The van der Waals surface area contributed by atoms with Crippen molar-refractivity contribution >= 4 is 17.8 Å². The van der Waals surface area contributed by atoms with Gasteiger partial charge in [-0.25, -0.2) is 4.39 Å². The normalized spacial score (nSPS) is 11.6. The second kappa shape index (κ2) is 9.55. The van der Waals surface area contributed by atoms with Gasteiger partial charge in [0.05, 0.1) is 12.0 Å². The minimum atomic E-state index is -0.975. The Morgan fingerprint density at radius 2 is 1.96 bits per heavy atom. The fourth-order valence-corrected chi connectivity index (χ4v) is 2.11. The summed E-state index contributed by atoms with van der Waals surface area (Å²) in [5, 5.41) is 13.9. The van der Waals surface area contributed by atoms with Crippen molar-refractivity contribution in [3.05, 3.63) is 35.6 Å². The molecule has 7 heteroatoms. The summed E-state index contributed by atoms with van der Waals surface area (Å²) in [7, 11) is 0. The van der Waals surface area contributed by atoms with Gasteiger partial charge in [-0.15, -0.1) is 0 Å². The Balaban J connectivity index is 2.39. The van der Waals surface area contributed by atoms with Crippen LogP contribution in [0.15, 0.2) is 24.3 Å². The van der Waals surface area contributed by atoms with Crippen LogP contribution < -0.4 is 10.6 Å². The molecule has 2 amide bonds. The number of rotatable bonds is 9. The summed E-state index contributed by atoms with van der Waals surface area (Å²) in [5.74, 6) is -2.54. The fourth-order valence-electron chi connectivity index (χ4n) is 2.11. The number of hydrogen-bond donors (Lipinski definition) is 3. The first kappa shape index (κ1) is 18.6. The highest BCUT2D eigenvalue weighted by molar-refractivity contribution is 5.94. The number of amides is 2. The average molecular weight is 324 g/mol. The van der Waals surface area contributed by atoms with Gasteiger partial charge in [-0.05, 0) is 18.6 Å². The predicted octanol–water partition coefficient (Wildman–Crippen LogP) is 1.71. The van der Waals surface area contributed by atoms with Crippen LogP contribution in [0.5, 0.6) is 0 Å². The van der Waals surface area contributed by atoms with E-state index >= 15 is 0 Å². The standard InChI is InChI=1S/C16H21FN2O4/c1-2-5-11(10-15(21)22)19-14(20)8-9-18-16(23)12-6-3-4-7-13(12)17/h3-4,6-7,11H,2,5,8-10H2,1H3,(H,18,23)(H,19,20)(H,21,22). The van der Waals surface area contributed by atoms with Gasteiger partial charge in [0.15, 0.2) is 0 Å². The third-order valence-electron chi connectivity index (χ3n) is 3.18. The second-order valence-corrected chi connectivity index (χ2v) is 5.14. The number of halogens is 1. The first-order valence-corrected chi connectivity index (χ1v) is 7.48. The second-order valence-electron chi connectivity index (χ2n) is 5.14. The molecular weight excluding hydrogens is 303 g/mol. The molecule has 0 heterocycles. The van der Waals surface area contributed by atoms with Gasteiger partial charge < -0.3 is 15.7 Å². The topological polar surface area (TPSA) is 95.5 Å². The van der Waals surface area contributed by atoms with Crippen LogP contribution in [0, 0.1) is 5.82 Å². The molecule has 0 radical (unpaired) electrons. The van der Waals surface area contributed by atoms with E-state index in [-0.39, 0.29) is 30.9 Å². The zero-order valence-electron chi connectivity index (χ0n) is 13.0. The molecule has 0 aliphatic carbocycles. The summed E-state index contributed by atoms with van der Waals surface area (Å²) in [6.45, 7) is 1.94. The maximum absolute atomic E-state index is 13.4. The van der Waals surface area contributed by atoms with Crippen molar-refractivity contribution in [2.24, 2.45) is 0 Å². The molecule has 0 aliphatic rings. The summed E-state index contributed by atoms with van der Waals surface area (Å²) in [4.78, 5) is 34.2. The van der Waals surface area contributed by atoms with Crippen molar-refractivity contribution in [2.75, 3.05) is 6.54 Å². The molecule has 0 saturated heterocycles.